The van der Waals surface area contributed by atoms with Gasteiger partial charge in [0.2, 0.25) is 0 Å². The van der Waals surface area contributed by atoms with Crippen molar-refractivity contribution < 1.29 is 0 Å². The average Bonchev–Trinajstić information content (AvgIpc) is 2.30. The fraction of sp³-hybridized carbons (Fsp3) is 0.462. The number of rotatable bonds is 2. The van der Waals surface area contributed by atoms with Crippen LogP contribution in [0.3, 0.4) is 0 Å². The van der Waals surface area contributed by atoms with Crippen molar-refractivity contribution in [2.24, 2.45) is 5.92 Å². The summed E-state index contributed by atoms with van der Waals surface area (Å²) in [6.45, 7) is 6.63. The van der Waals surface area contributed by atoms with E-state index in [1.165, 1.54) is 6.42 Å². The van der Waals surface area contributed by atoms with E-state index in [-0.39, 0.29) is 0 Å². The van der Waals surface area contributed by atoms with Gasteiger partial charge in [0.25, 0.3) is 0 Å². The zero-order valence-corrected chi connectivity index (χ0v) is 9.48. The van der Waals surface area contributed by atoms with E-state index < -0.39 is 0 Å². The van der Waals surface area contributed by atoms with Crippen molar-refractivity contribution in [3.05, 3.63) is 36.0 Å². The van der Waals surface area contributed by atoms with Crippen molar-refractivity contribution in [1.29, 1.82) is 0 Å². The van der Waals surface area contributed by atoms with E-state index in [0.29, 0.717) is 5.92 Å². The van der Waals surface area contributed by atoms with Crippen LogP contribution in [0.1, 0.15) is 20.3 Å². The number of hydrogen-bond donors (Lipinski definition) is 0. The first-order chi connectivity index (χ1) is 7.27. The second-order valence-electron chi connectivity index (χ2n) is 4.32. The summed E-state index contributed by atoms with van der Waals surface area (Å²) in [7, 11) is 0. The van der Waals surface area contributed by atoms with Crippen LogP contribution >= 0.6 is 0 Å². The van der Waals surface area contributed by atoms with Gasteiger partial charge in [-0.15, -0.1) is 0 Å². The van der Waals surface area contributed by atoms with Gasteiger partial charge in [-0.3, -0.25) is 0 Å². The molecule has 0 radical (unpaired) electrons. The zero-order chi connectivity index (χ0) is 10.7. The highest BCUT2D eigenvalue weighted by Crippen LogP contribution is 2.21. The topological polar surface area (TPSA) is 16.1 Å². The average molecular weight is 202 g/mol. The molecule has 0 aromatic carbocycles. The third kappa shape index (κ3) is 2.38. The van der Waals surface area contributed by atoms with E-state index >= 15 is 0 Å². The Morgan fingerprint density at radius 1 is 1.33 bits per heavy atom. The molecule has 0 aliphatic carbocycles. The van der Waals surface area contributed by atoms with Gasteiger partial charge >= 0.3 is 0 Å². The highest BCUT2D eigenvalue weighted by Gasteiger charge is 2.14. The van der Waals surface area contributed by atoms with Crippen LogP contribution in [0.5, 0.6) is 0 Å². The second kappa shape index (κ2) is 4.47. The first kappa shape index (κ1) is 10.2. The molecule has 2 nitrogen and oxygen atoms in total. The van der Waals surface area contributed by atoms with Crippen molar-refractivity contribution in [3.63, 3.8) is 0 Å². The molecule has 1 aliphatic heterocycles. The highest BCUT2D eigenvalue weighted by molar-refractivity contribution is 5.40. The molecule has 0 N–H and O–H groups in total. The smallest absolute Gasteiger partial charge is 0.128 e. The molecule has 0 saturated heterocycles. The van der Waals surface area contributed by atoms with Crippen molar-refractivity contribution in [3.8, 4) is 0 Å². The maximum absolute atomic E-state index is 4.37. The Balaban J connectivity index is 2.06. The molecule has 0 bridgehead atoms. The molecule has 0 saturated carbocycles. The molecule has 1 aromatic heterocycles. The zero-order valence-electron chi connectivity index (χ0n) is 9.48. The molecule has 0 spiro atoms. The molecule has 0 fully saturated rings. The van der Waals surface area contributed by atoms with E-state index in [4.69, 9.17) is 0 Å². The molecule has 2 heterocycles. The third-order valence-corrected chi connectivity index (χ3v) is 2.96. The van der Waals surface area contributed by atoms with E-state index in [1.807, 2.05) is 18.3 Å². The van der Waals surface area contributed by atoms with Gasteiger partial charge in [-0.25, -0.2) is 4.98 Å². The van der Waals surface area contributed by atoms with E-state index in [0.717, 1.165) is 18.9 Å². The second-order valence-corrected chi connectivity index (χ2v) is 4.32. The van der Waals surface area contributed by atoms with Crippen LogP contribution in [0.2, 0.25) is 0 Å². The Morgan fingerprint density at radius 3 is 2.73 bits per heavy atom. The fourth-order valence-electron chi connectivity index (χ4n) is 1.96. The number of hydrogen-bond acceptors (Lipinski definition) is 2. The summed E-state index contributed by atoms with van der Waals surface area (Å²) >= 11 is 0. The van der Waals surface area contributed by atoms with Gasteiger partial charge in [-0.2, -0.15) is 0 Å². The molecule has 0 atom stereocenters. The fourth-order valence-corrected chi connectivity index (χ4v) is 1.96. The minimum absolute atomic E-state index is 0.691. The van der Waals surface area contributed by atoms with Crippen LogP contribution in [0.4, 0.5) is 5.82 Å². The lowest BCUT2D eigenvalue weighted by molar-refractivity contribution is 0.664. The van der Waals surface area contributed by atoms with E-state index in [9.17, 15) is 0 Å². The maximum Gasteiger partial charge on any atom is 0.128 e. The number of pyridine rings is 1. The molecule has 2 heteroatoms. The summed E-state index contributed by atoms with van der Waals surface area (Å²) in [6.07, 6.45) is 5.38. The molecule has 2 rings (SSSR count). The molecule has 1 aliphatic rings. The lowest BCUT2D eigenvalue weighted by Crippen LogP contribution is -2.29. The van der Waals surface area contributed by atoms with Crippen molar-refractivity contribution in [2.45, 2.75) is 20.3 Å². The molecule has 80 valence electrons. The highest BCUT2D eigenvalue weighted by atomic mass is 15.2. The normalized spacial score (nSPS) is 16.7. The molecule has 0 unspecified atom stereocenters. The quantitative estimate of drug-likeness (QED) is 0.685. The molecule has 0 amide bonds. The monoisotopic (exact) mass is 202 g/mol. The number of nitrogens with zero attached hydrogens (tertiary/aromatic N) is 2. The Bertz CT molecular complexity index is 341. The summed E-state index contributed by atoms with van der Waals surface area (Å²) in [4.78, 5) is 6.69. The Kier molecular flexibility index (Phi) is 3.05. The Labute approximate surface area is 91.6 Å². The first-order valence-corrected chi connectivity index (χ1v) is 5.62. The van der Waals surface area contributed by atoms with E-state index in [2.05, 4.69) is 35.9 Å². The standard InChI is InChI=1S/C13H18N2/c1-11(2)12-6-9-15(10-7-12)13-5-3-4-8-14-13/h3-6,8,11H,7,9-10H2,1-2H3. The largest absolute Gasteiger partial charge is 0.353 e. The first-order valence-electron chi connectivity index (χ1n) is 5.62. The summed E-state index contributed by atoms with van der Waals surface area (Å²) in [6, 6.07) is 6.08. The predicted octanol–water partition coefficient (Wildman–Crippen LogP) is 2.87. The molecular weight excluding hydrogens is 184 g/mol. The SMILES string of the molecule is CC(C)C1=CCN(c2ccccn2)CC1. The van der Waals surface area contributed by atoms with Crippen LogP contribution in [0.15, 0.2) is 36.0 Å². The maximum atomic E-state index is 4.37. The summed E-state index contributed by atoms with van der Waals surface area (Å²) < 4.78 is 0. The minimum atomic E-state index is 0.691. The lowest BCUT2D eigenvalue weighted by atomic mass is 9.97. The van der Waals surface area contributed by atoms with Gasteiger partial charge in [0.15, 0.2) is 0 Å². The Hall–Kier alpha value is -1.31. The number of aromatic nitrogens is 1. The van der Waals surface area contributed by atoms with Gasteiger partial charge < -0.3 is 4.90 Å². The van der Waals surface area contributed by atoms with Crippen LogP contribution in [-0.4, -0.2) is 18.1 Å². The minimum Gasteiger partial charge on any atom is -0.353 e. The summed E-state index contributed by atoms with van der Waals surface area (Å²) in [5, 5.41) is 0. The van der Waals surface area contributed by atoms with Crippen LogP contribution in [0, 0.1) is 5.92 Å². The molecule has 15 heavy (non-hydrogen) atoms. The lowest BCUT2D eigenvalue weighted by Gasteiger charge is -2.28. The van der Waals surface area contributed by atoms with Gasteiger partial charge in [0, 0.05) is 19.3 Å². The van der Waals surface area contributed by atoms with Gasteiger partial charge in [-0.05, 0) is 24.5 Å². The van der Waals surface area contributed by atoms with Gasteiger partial charge in [0.05, 0.1) is 0 Å². The van der Waals surface area contributed by atoms with Crippen molar-refractivity contribution in [1.82, 2.24) is 4.98 Å². The molecular formula is C13H18N2. The van der Waals surface area contributed by atoms with Gasteiger partial charge in [-0.1, -0.05) is 31.6 Å². The predicted molar refractivity (Wildman–Crippen MR) is 64.0 cm³/mol. The summed E-state index contributed by atoms with van der Waals surface area (Å²) in [5.74, 6) is 1.78. The van der Waals surface area contributed by atoms with Crippen LogP contribution in [0.25, 0.3) is 0 Å². The van der Waals surface area contributed by atoms with Crippen LogP contribution < -0.4 is 4.90 Å². The third-order valence-electron chi connectivity index (χ3n) is 2.96. The number of anilines is 1. The van der Waals surface area contributed by atoms with Crippen molar-refractivity contribution in [2.75, 3.05) is 18.0 Å². The summed E-state index contributed by atoms with van der Waals surface area (Å²) in [5.41, 5.74) is 1.59. The molecule has 1 aromatic rings. The van der Waals surface area contributed by atoms with E-state index in [1.54, 1.807) is 5.57 Å². The van der Waals surface area contributed by atoms with Crippen molar-refractivity contribution >= 4 is 5.82 Å². The van der Waals surface area contributed by atoms with Crippen LogP contribution in [-0.2, 0) is 0 Å². The Morgan fingerprint density at radius 2 is 2.20 bits per heavy atom. The van der Waals surface area contributed by atoms with Gasteiger partial charge in [0.1, 0.15) is 5.82 Å².